The van der Waals surface area contributed by atoms with Crippen LogP contribution in [0.5, 0.6) is 0 Å². The maximum absolute atomic E-state index is 13.7. The summed E-state index contributed by atoms with van der Waals surface area (Å²) >= 11 is 0. The van der Waals surface area contributed by atoms with E-state index in [1.165, 1.54) is 79.5 Å². The van der Waals surface area contributed by atoms with Crippen LogP contribution in [0.2, 0.25) is 0 Å². The van der Waals surface area contributed by atoms with Crippen LogP contribution in [0.1, 0.15) is 168 Å². The average Bonchev–Trinajstić information content (AvgIpc) is 1.05. The molecule has 24 heteroatoms. The number of Topliss-reactive ketones (excluding diaryl/α,β-unsaturated/α-hetero) is 2. The molecule has 3 aliphatic heterocycles. The van der Waals surface area contributed by atoms with E-state index in [0.29, 0.717) is 63.4 Å². The smallest absolute Gasteiger partial charge is 0.334 e. The Hall–Kier alpha value is -7.89. The second-order valence-corrected chi connectivity index (χ2v) is 28.4. The Morgan fingerprint density at radius 3 is 1.32 bits per heavy atom. The molecule has 21 atom stereocenters. The Morgan fingerprint density at radius 1 is 0.505 bits per heavy atom. The Bertz CT molecular complexity index is 3440. The van der Waals surface area contributed by atoms with E-state index >= 15 is 0 Å². The Morgan fingerprint density at radius 2 is 0.914 bits per heavy atom. The van der Waals surface area contributed by atoms with E-state index in [1.807, 2.05) is 41.5 Å². The highest BCUT2D eigenvalue weighted by Gasteiger charge is 2.71. The largest absolute Gasteiger partial charge is 0.472 e. The number of methoxy groups -OCH3 is 3. The summed E-state index contributed by atoms with van der Waals surface area (Å²) < 4.78 is 64.5. The van der Waals surface area contributed by atoms with Crippen LogP contribution in [0.15, 0.2) is 80.7 Å². The third-order valence-electron chi connectivity index (χ3n) is 23.2. The van der Waals surface area contributed by atoms with Crippen molar-refractivity contribution in [1.82, 2.24) is 0 Å². The van der Waals surface area contributed by atoms with E-state index < -0.39 is 158 Å². The van der Waals surface area contributed by atoms with Gasteiger partial charge in [0, 0.05) is 72.6 Å². The number of carbonyl (C=O) groups excluding carboxylic acids is 11. The van der Waals surface area contributed by atoms with Crippen LogP contribution < -0.4 is 0 Å². The molecule has 24 nitrogen and oxygen atoms in total. The predicted octanol–water partition coefficient (Wildman–Crippen LogP) is 8.71. The van der Waals surface area contributed by atoms with Crippen LogP contribution in [0.4, 0.5) is 0 Å². The van der Waals surface area contributed by atoms with Crippen molar-refractivity contribution in [3.05, 3.63) is 84.1 Å². The Labute approximate surface area is 538 Å². The van der Waals surface area contributed by atoms with Gasteiger partial charge in [-0.3, -0.25) is 47.9 Å². The number of esters is 9. The highest BCUT2D eigenvalue weighted by atomic mass is 16.6. The summed E-state index contributed by atoms with van der Waals surface area (Å²) in [5.41, 5.74) is -1.89. The molecule has 6 heterocycles. The fraction of sp³-hybridized carbons (Fsp3) is 0.638. The molecule has 504 valence electrons. The lowest BCUT2D eigenvalue weighted by atomic mass is 9.43. The van der Waals surface area contributed by atoms with Crippen molar-refractivity contribution in [1.29, 1.82) is 0 Å². The summed E-state index contributed by atoms with van der Waals surface area (Å²) in [6, 6.07) is 5.24. The van der Waals surface area contributed by atoms with E-state index in [4.69, 9.17) is 55.9 Å². The number of fused-ring (bicyclic) bond motifs is 9. The number of carbonyl (C=O) groups is 11. The molecule has 1 N–H and O–H groups in total. The lowest BCUT2D eigenvalue weighted by Crippen LogP contribution is -2.64. The minimum atomic E-state index is -1.23. The molecule has 3 saturated heterocycles. The minimum Gasteiger partial charge on any atom is -0.472 e. The first-order valence-electron chi connectivity index (χ1n) is 31.8. The van der Waals surface area contributed by atoms with Gasteiger partial charge in [0.05, 0.1) is 88.5 Å². The summed E-state index contributed by atoms with van der Waals surface area (Å²) in [5, 5.41) is 10.5. The van der Waals surface area contributed by atoms with Crippen LogP contribution >= 0.6 is 0 Å². The molecular weight excluding hydrogens is 1210 g/mol. The quantitative estimate of drug-likeness (QED) is 0.154. The first-order valence-corrected chi connectivity index (χ1v) is 31.8. The SMILES string of the molecule is COC(=O)C1=C[C@H](OC(C)=O)[C@H](OC(C)=O)C2[C@@]1(C)CC[C@H]1C(=O)O[C@H](c3ccoc3)C[C@]21C.COC(=O)[C@@H]1C[C@H](O)C(=O)C2[C@@]1(C)CC[C@H]1C(=O)O[C@H](c3ccoc3)C[C@]21C.COC(=O)[C@@H]1C[C@H](OC(C)=O)C(=O)C2[C@@]1(C)CC[C@H]1C(=O)O[C@H](c3ccoc3)C[C@]21C. The highest BCUT2D eigenvalue weighted by Crippen LogP contribution is 2.69. The molecule has 3 aromatic rings. The van der Waals surface area contributed by atoms with Gasteiger partial charge >= 0.3 is 53.7 Å². The summed E-state index contributed by atoms with van der Waals surface area (Å²) in [4.78, 5) is 140. The van der Waals surface area contributed by atoms with E-state index in [0.717, 1.165) is 16.7 Å². The molecule has 5 saturated carbocycles. The van der Waals surface area contributed by atoms with Crippen molar-refractivity contribution in [3.8, 4) is 0 Å². The lowest BCUT2D eigenvalue weighted by molar-refractivity contribution is -0.216. The average molecular weight is 1300 g/mol. The van der Waals surface area contributed by atoms with Gasteiger partial charge in [0.1, 0.15) is 30.5 Å². The van der Waals surface area contributed by atoms with Crippen LogP contribution in [0.3, 0.4) is 0 Å². The Balaban J connectivity index is 0.000000153. The first-order chi connectivity index (χ1) is 43.8. The monoisotopic (exact) mass is 1300 g/mol. The molecule has 3 aromatic heterocycles. The van der Waals surface area contributed by atoms with Crippen LogP contribution in [0, 0.1) is 79.8 Å². The zero-order valence-electron chi connectivity index (χ0n) is 54.5. The molecular formula is C69H84O24. The molecule has 0 radical (unpaired) electrons. The number of rotatable bonds is 9. The fourth-order valence-corrected chi connectivity index (χ4v) is 19.2. The number of ether oxygens (including phenoxy) is 9. The number of aliphatic hydroxyl groups excluding tert-OH is 1. The third kappa shape index (κ3) is 11.7. The topological polar surface area (TPSA) is 330 Å². The molecule has 0 spiro atoms. The third-order valence-corrected chi connectivity index (χ3v) is 23.2. The van der Waals surface area contributed by atoms with Gasteiger partial charge in [-0.25, -0.2) is 4.79 Å². The first kappa shape index (κ1) is 68.0. The molecule has 0 amide bonds. The van der Waals surface area contributed by atoms with Crippen molar-refractivity contribution in [2.24, 2.45) is 79.8 Å². The summed E-state index contributed by atoms with van der Waals surface area (Å²) in [6.07, 6.45) is 9.35. The van der Waals surface area contributed by atoms with Gasteiger partial charge in [-0.2, -0.15) is 0 Å². The molecule has 12 rings (SSSR count). The predicted molar refractivity (Wildman–Crippen MR) is 317 cm³/mol. The van der Waals surface area contributed by atoms with Crippen molar-refractivity contribution in [2.45, 2.75) is 176 Å². The van der Waals surface area contributed by atoms with E-state index in [9.17, 15) is 57.8 Å². The van der Waals surface area contributed by atoms with Crippen LogP contribution in [-0.4, -0.2) is 116 Å². The van der Waals surface area contributed by atoms with Gasteiger partial charge in [-0.1, -0.05) is 41.5 Å². The standard InChI is InChI=1S/C25H30O9.C23H28O8.C21H26O7/c1-13(26)32-18-10-17(22(28)30-5)24(3)8-6-16-23(29)34-19(15-7-9-31-12-15)11-25(16,4)21(24)20(18)33-14(2)27;1-12(24)30-16-9-15(20(26)28-4)22(2)7-5-14-21(27)31-17(13-6-8-29-11-13)10-23(14,3)19(22)18(16)25;1-20-6-4-12-19(25)28-15(11-5-7-27-10-11)9-21(12,2)17(20)16(23)14(22)8-13(20)18(24)26-3/h7,9-10,12,16,18-21H,6,8,11H2,1-5H3;6,8,11,14-17,19H,5,7,9-10H2,1-4H3;5,7,10,12-15,17,22H,4,6,8-9H2,1-3H3/t16-,18-,19-,20-,21?,24-,25-;14-,15-,16-,17-,19?,22-,23-;12-,13-,14-,15-,17?,20-,21-/m000/s1. The fourth-order valence-electron chi connectivity index (χ4n) is 19.2. The number of aliphatic hydroxyl groups is 1. The van der Waals surface area contributed by atoms with Crippen LogP contribution in [-0.2, 0) is 95.4 Å². The summed E-state index contributed by atoms with van der Waals surface area (Å²) in [5.74, 6) is -9.06. The molecule has 3 unspecified atom stereocenters. The van der Waals surface area contributed by atoms with Gasteiger partial charge in [0.15, 0.2) is 23.8 Å². The second kappa shape index (κ2) is 25.4. The van der Waals surface area contributed by atoms with Gasteiger partial charge in [0.25, 0.3) is 0 Å². The second-order valence-electron chi connectivity index (χ2n) is 28.4. The van der Waals surface area contributed by atoms with Crippen molar-refractivity contribution in [2.75, 3.05) is 21.3 Å². The normalized spacial score (nSPS) is 39.6. The van der Waals surface area contributed by atoms with Crippen molar-refractivity contribution < 1.29 is 114 Å². The molecule has 0 bridgehead atoms. The zero-order valence-corrected chi connectivity index (χ0v) is 54.5. The molecule has 9 aliphatic rings. The number of hydrogen-bond acceptors (Lipinski definition) is 24. The van der Waals surface area contributed by atoms with E-state index in [2.05, 4.69) is 0 Å². The molecule has 6 aliphatic carbocycles. The maximum Gasteiger partial charge on any atom is 0.334 e. The van der Waals surface area contributed by atoms with Crippen molar-refractivity contribution >= 4 is 65.3 Å². The minimum absolute atomic E-state index is 0.0643. The lowest BCUT2D eigenvalue weighted by Gasteiger charge is -2.61. The number of ketones is 2. The number of furan rings is 3. The van der Waals surface area contributed by atoms with E-state index in [-0.39, 0.29) is 42.3 Å². The zero-order chi connectivity index (χ0) is 67.7. The van der Waals surface area contributed by atoms with Gasteiger partial charge in [-0.15, -0.1) is 0 Å². The summed E-state index contributed by atoms with van der Waals surface area (Å²) in [6.45, 7) is 15.4. The van der Waals surface area contributed by atoms with Gasteiger partial charge < -0.3 is 61.0 Å². The van der Waals surface area contributed by atoms with Gasteiger partial charge in [0.2, 0.25) is 0 Å². The molecule has 0 aromatic carbocycles. The van der Waals surface area contributed by atoms with Crippen LogP contribution in [0.25, 0.3) is 0 Å². The highest BCUT2D eigenvalue weighted by molar-refractivity contribution is 5.94. The number of cyclic esters (lactones) is 3. The van der Waals surface area contributed by atoms with Crippen molar-refractivity contribution in [3.63, 3.8) is 0 Å². The molecule has 93 heavy (non-hydrogen) atoms. The maximum atomic E-state index is 13.7. The Kier molecular flexibility index (Phi) is 18.6. The molecule has 8 fully saturated rings. The number of hydrogen-bond donors (Lipinski definition) is 1. The summed E-state index contributed by atoms with van der Waals surface area (Å²) in [7, 11) is 3.93. The van der Waals surface area contributed by atoms with Gasteiger partial charge in [-0.05, 0) is 116 Å². The van der Waals surface area contributed by atoms with E-state index in [1.54, 1.807) is 24.5 Å².